The van der Waals surface area contributed by atoms with Crippen LogP contribution >= 0.6 is 11.8 Å². The highest BCUT2D eigenvalue weighted by Crippen LogP contribution is 2.27. The SMILES string of the molecule is Cn1ccnc1Sc1cnccc1C#N. The molecule has 0 unspecified atom stereocenters. The highest BCUT2D eigenvalue weighted by molar-refractivity contribution is 7.99. The smallest absolute Gasteiger partial charge is 0.172 e. The summed E-state index contributed by atoms with van der Waals surface area (Å²) < 4.78 is 1.90. The molecule has 15 heavy (non-hydrogen) atoms. The summed E-state index contributed by atoms with van der Waals surface area (Å²) in [6.45, 7) is 0. The molecule has 2 aromatic heterocycles. The highest BCUT2D eigenvalue weighted by Gasteiger charge is 2.06. The summed E-state index contributed by atoms with van der Waals surface area (Å²) in [5.41, 5.74) is 0.623. The number of pyridine rings is 1. The van der Waals surface area contributed by atoms with Gasteiger partial charge < -0.3 is 4.57 Å². The van der Waals surface area contributed by atoms with Gasteiger partial charge in [-0.2, -0.15) is 5.26 Å². The Kier molecular flexibility index (Phi) is 2.70. The maximum absolute atomic E-state index is 8.90. The van der Waals surface area contributed by atoms with Gasteiger partial charge >= 0.3 is 0 Å². The topological polar surface area (TPSA) is 54.5 Å². The molecule has 2 rings (SSSR count). The van der Waals surface area contributed by atoms with Crippen LogP contribution in [0.4, 0.5) is 0 Å². The number of rotatable bonds is 2. The maximum Gasteiger partial charge on any atom is 0.172 e. The Morgan fingerprint density at radius 1 is 1.47 bits per heavy atom. The summed E-state index contributed by atoms with van der Waals surface area (Å²) in [5, 5.41) is 9.74. The van der Waals surface area contributed by atoms with Crippen LogP contribution in [0, 0.1) is 11.3 Å². The van der Waals surface area contributed by atoms with Gasteiger partial charge in [-0.05, 0) is 17.8 Å². The second-order valence-electron chi connectivity index (χ2n) is 2.91. The van der Waals surface area contributed by atoms with Crippen LogP contribution in [-0.4, -0.2) is 14.5 Å². The van der Waals surface area contributed by atoms with Crippen LogP contribution in [0.25, 0.3) is 0 Å². The molecular formula is C10H8N4S. The van der Waals surface area contributed by atoms with Gasteiger partial charge in [0.15, 0.2) is 5.16 Å². The number of aryl methyl sites for hydroxylation is 1. The zero-order valence-electron chi connectivity index (χ0n) is 8.08. The minimum atomic E-state index is 0.623. The first-order valence-corrected chi connectivity index (χ1v) is 5.12. The predicted molar refractivity (Wildman–Crippen MR) is 56.3 cm³/mol. The number of hydrogen-bond donors (Lipinski definition) is 0. The molecule has 0 aliphatic heterocycles. The van der Waals surface area contributed by atoms with Crippen LogP contribution in [0.3, 0.4) is 0 Å². The van der Waals surface area contributed by atoms with E-state index in [9.17, 15) is 0 Å². The summed E-state index contributed by atoms with van der Waals surface area (Å²) in [4.78, 5) is 9.00. The van der Waals surface area contributed by atoms with Crippen molar-refractivity contribution in [2.45, 2.75) is 10.1 Å². The van der Waals surface area contributed by atoms with Gasteiger partial charge in [-0.25, -0.2) is 4.98 Å². The largest absolute Gasteiger partial charge is 0.329 e. The molecule has 0 spiro atoms. The van der Waals surface area contributed by atoms with E-state index in [0.29, 0.717) is 5.56 Å². The Balaban J connectivity index is 2.33. The zero-order valence-corrected chi connectivity index (χ0v) is 8.90. The third-order valence-electron chi connectivity index (χ3n) is 1.88. The van der Waals surface area contributed by atoms with E-state index in [4.69, 9.17) is 5.26 Å². The van der Waals surface area contributed by atoms with Gasteiger partial charge in [-0.3, -0.25) is 4.98 Å². The minimum absolute atomic E-state index is 0.623. The molecule has 0 aliphatic rings. The molecule has 74 valence electrons. The molecule has 4 nitrogen and oxygen atoms in total. The predicted octanol–water partition coefficient (Wildman–Crippen LogP) is 1.84. The molecule has 0 saturated heterocycles. The van der Waals surface area contributed by atoms with Gasteiger partial charge in [0.05, 0.1) is 10.5 Å². The second kappa shape index (κ2) is 4.15. The van der Waals surface area contributed by atoms with Gasteiger partial charge in [0.2, 0.25) is 0 Å². The monoisotopic (exact) mass is 216 g/mol. The molecule has 0 aliphatic carbocycles. The Morgan fingerprint density at radius 3 is 3.00 bits per heavy atom. The second-order valence-corrected chi connectivity index (χ2v) is 3.92. The summed E-state index contributed by atoms with van der Waals surface area (Å²) in [5.74, 6) is 0. The van der Waals surface area contributed by atoms with Crippen molar-refractivity contribution in [3.8, 4) is 6.07 Å². The molecule has 0 N–H and O–H groups in total. The van der Waals surface area contributed by atoms with Crippen molar-refractivity contribution in [3.05, 3.63) is 36.4 Å². The maximum atomic E-state index is 8.90. The normalized spacial score (nSPS) is 9.87. The van der Waals surface area contributed by atoms with E-state index in [-0.39, 0.29) is 0 Å². The fourth-order valence-corrected chi connectivity index (χ4v) is 1.95. The third kappa shape index (κ3) is 2.00. The number of nitriles is 1. The molecule has 0 atom stereocenters. The molecule has 5 heteroatoms. The Morgan fingerprint density at radius 2 is 2.33 bits per heavy atom. The number of imidazole rings is 1. The first kappa shape index (κ1) is 9.74. The van der Waals surface area contributed by atoms with E-state index in [1.165, 1.54) is 11.8 Å². The van der Waals surface area contributed by atoms with Crippen molar-refractivity contribution < 1.29 is 0 Å². The van der Waals surface area contributed by atoms with E-state index < -0.39 is 0 Å². The van der Waals surface area contributed by atoms with Gasteiger partial charge in [0, 0.05) is 31.8 Å². The van der Waals surface area contributed by atoms with Gasteiger partial charge in [0.1, 0.15) is 6.07 Å². The van der Waals surface area contributed by atoms with Crippen molar-refractivity contribution >= 4 is 11.8 Å². The minimum Gasteiger partial charge on any atom is -0.329 e. The van der Waals surface area contributed by atoms with Gasteiger partial charge in [-0.15, -0.1) is 0 Å². The van der Waals surface area contributed by atoms with Crippen molar-refractivity contribution in [1.82, 2.24) is 14.5 Å². The highest BCUT2D eigenvalue weighted by atomic mass is 32.2. The van der Waals surface area contributed by atoms with Crippen molar-refractivity contribution in [2.75, 3.05) is 0 Å². The third-order valence-corrected chi connectivity index (χ3v) is 3.00. The first-order valence-electron chi connectivity index (χ1n) is 4.30. The van der Waals surface area contributed by atoms with E-state index in [0.717, 1.165) is 10.1 Å². The average molecular weight is 216 g/mol. The Hall–Kier alpha value is -1.80. The van der Waals surface area contributed by atoms with Crippen LogP contribution in [0.5, 0.6) is 0 Å². The molecule has 0 saturated carbocycles. The number of nitrogens with zero attached hydrogens (tertiary/aromatic N) is 4. The zero-order chi connectivity index (χ0) is 10.7. The number of hydrogen-bond acceptors (Lipinski definition) is 4. The summed E-state index contributed by atoms with van der Waals surface area (Å²) in [6.07, 6.45) is 6.88. The molecule has 0 amide bonds. The van der Waals surface area contributed by atoms with E-state index >= 15 is 0 Å². The number of aromatic nitrogens is 3. The average Bonchev–Trinajstić information content (AvgIpc) is 2.65. The van der Waals surface area contributed by atoms with Crippen molar-refractivity contribution in [2.24, 2.45) is 7.05 Å². The lowest BCUT2D eigenvalue weighted by atomic mass is 10.3. The van der Waals surface area contributed by atoms with E-state index in [1.54, 1.807) is 24.7 Å². The molecular weight excluding hydrogens is 208 g/mol. The van der Waals surface area contributed by atoms with Crippen LogP contribution in [0.1, 0.15) is 5.56 Å². The Labute approximate surface area is 91.6 Å². The molecule has 2 heterocycles. The Bertz CT molecular complexity index is 512. The molecule has 0 fully saturated rings. The van der Waals surface area contributed by atoms with Crippen LogP contribution in [0.2, 0.25) is 0 Å². The molecule has 2 aromatic rings. The lowest BCUT2D eigenvalue weighted by molar-refractivity contribution is 0.790. The summed E-state index contributed by atoms with van der Waals surface area (Å²) >= 11 is 1.44. The van der Waals surface area contributed by atoms with E-state index in [1.807, 2.05) is 17.8 Å². The molecule has 0 radical (unpaired) electrons. The summed E-state index contributed by atoms with van der Waals surface area (Å²) in [7, 11) is 1.91. The van der Waals surface area contributed by atoms with Crippen molar-refractivity contribution in [1.29, 1.82) is 5.26 Å². The molecule has 0 bridgehead atoms. The van der Waals surface area contributed by atoms with E-state index in [2.05, 4.69) is 16.0 Å². The lowest BCUT2D eigenvalue weighted by Crippen LogP contribution is -1.90. The van der Waals surface area contributed by atoms with Gasteiger partial charge in [0.25, 0.3) is 0 Å². The first-order chi connectivity index (χ1) is 7.31. The molecule has 0 aromatic carbocycles. The standard InChI is InChI=1S/C10H8N4S/c1-14-5-4-13-10(14)15-9-7-12-3-2-8(9)6-11/h2-5,7H,1H3. The van der Waals surface area contributed by atoms with Gasteiger partial charge in [-0.1, -0.05) is 0 Å². The van der Waals surface area contributed by atoms with Crippen LogP contribution in [-0.2, 0) is 7.05 Å². The quantitative estimate of drug-likeness (QED) is 0.768. The van der Waals surface area contributed by atoms with Crippen LogP contribution < -0.4 is 0 Å². The van der Waals surface area contributed by atoms with Crippen LogP contribution in [0.15, 0.2) is 40.9 Å². The van der Waals surface area contributed by atoms with Crippen molar-refractivity contribution in [3.63, 3.8) is 0 Å². The lowest BCUT2D eigenvalue weighted by Gasteiger charge is -2.02. The fourth-order valence-electron chi connectivity index (χ4n) is 1.10. The fraction of sp³-hybridized carbons (Fsp3) is 0.100. The summed E-state index contributed by atoms with van der Waals surface area (Å²) in [6, 6.07) is 3.83.